The van der Waals surface area contributed by atoms with Gasteiger partial charge in [-0.25, -0.2) is 0 Å². The van der Waals surface area contributed by atoms with Crippen LogP contribution in [-0.2, 0) is 9.59 Å². The fourth-order valence-corrected chi connectivity index (χ4v) is 4.55. The van der Waals surface area contributed by atoms with Crippen LogP contribution in [0.5, 0.6) is 0 Å². The van der Waals surface area contributed by atoms with Crippen LogP contribution >= 0.6 is 11.8 Å². The molecule has 108 valence electrons. The van der Waals surface area contributed by atoms with Crippen molar-refractivity contribution in [2.45, 2.75) is 44.9 Å². The minimum absolute atomic E-state index is 0.0417. The Bertz CT molecular complexity index is 334. The first kappa shape index (κ1) is 14.7. The highest BCUT2D eigenvalue weighted by Crippen LogP contribution is 2.44. The van der Waals surface area contributed by atoms with E-state index in [2.05, 4.69) is 5.32 Å². The number of thioether (sulfide) groups is 1. The summed E-state index contributed by atoms with van der Waals surface area (Å²) in [4.78, 5) is 23.0. The van der Waals surface area contributed by atoms with E-state index < -0.39 is 5.97 Å². The summed E-state index contributed by atoms with van der Waals surface area (Å²) in [7, 11) is 0. The molecule has 0 spiro atoms. The van der Waals surface area contributed by atoms with Crippen molar-refractivity contribution in [3.63, 3.8) is 0 Å². The Hall–Kier alpha value is -0.710. The van der Waals surface area contributed by atoms with Gasteiger partial charge in [-0.2, -0.15) is 11.8 Å². The fraction of sp³-hybridized carbons (Fsp3) is 0.857. The van der Waals surface area contributed by atoms with Crippen molar-refractivity contribution in [2.75, 3.05) is 18.1 Å². The zero-order chi connectivity index (χ0) is 13.7. The second-order valence-corrected chi connectivity index (χ2v) is 7.14. The molecule has 19 heavy (non-hydrogen) atoms. The summed E-state index contributed by atoms with van der Waals surface area (Å²) in [5.41, 5.74) is -0.277. The van der Waals surface area contributed by atoms with Crippen LogP contribution < -0.4 is 5.32 Å². The maximum Gasteiger partial charge on any atom is 0.303 e. The number of hydrogen-bond donors (Lipinski definition) is 2. The number of carbonyl (C=O) groups is 2. The van der Waals surface area contributed by atoms with E-state index in [0.29, 0.717) is 12.3 Å². The van der Waals surface area contributed by atoms with Gasteiger partial charge < -0.3 is 10.4 Å². The van der Waals surface area contributed by atoms with Crippen LogP contribution in [0.15, 0.2) is 0 Å². The molecular formula is C14H23NO3S. The Labute approximate surface area is 118 Å². The second-order valence-electron chi connectivity index (χ2n) is 5.99. The third kappa shape index (κ3) is 4.41. The summed E-state index contributed by atoms with van der Waals surface area (Å²) in [6, 6.07) is 0. The molecule has 0 aromatic rings. The Kier molecular flexibility index (Phi) is 5.13. The maximum absolute atomic E-state index is 12.0. The zero-order valence-electron chi connectivity index (χ0n) is 11.3. The summed E-state index contributed by atoms with van der Waals surface area (Å²) < 4.78 is 0. The molecule has 1 aliphatic heterocycles. The summed E-state index contributed by atoms with van der Waals surface area (Å²) in [6.07, 6.45) is 5.59. The van der Waals surface area contributed by atoms with E-state index in [9.17, 15) is 9.59 Å². The molecule has 0 radical (unpaired) electrons. The number of carboxylic acids is 1. The summed E-state index contributed by atoms with van der Waals surface area (Å²) >= 11 is 1.95. The molecule has 2 N–H and O–H groups in total. The molecule has 0 aromatic carbocycles. The lowest BCUT2D eigenvalue weighted by Crippen LogP contribution is -2.34. The summed E-state index contributed by atoms with van der Waals surface area (Å²) in [5, 5.41) is 12.0. The van der Waals surface area contributed by atoms with Gasteiger partial charge in [-0.15, -0.1) is 0 Å². The zero-order valence-corrected chi connectivity index (χ0v) is 12.1. The number of rotatable bonds is 6. The Morgan fingerprint density at radius 1 is 1.26 bits per heavy atom. The van der Waals surface area contributed by atoms with Crippen molar-refractivity contribution in [3.8, 4) is 0 Å². The molecule has 1 amide bonds. The average Bonchev–Trinajstić information content (AvgIpc) is 2.97. The molecule has 5 heteroatoms. The van der Waals surface area contributed by atoms with Crippen LogP contribution in [0.1, 0.15) is 44.9 Å². The lowest BCUT2D eigenvalue weighted by molar-refractivity contribution is -0.140. The van der Waals surface area contributed by atoms with Gasteiger partial charge in [0.25, 0.3) is 0 Å². The molecule has 0 aromatic heterocycles. The lowest BCUT2D eigenvalue weighted by atomic mass is 9.79. The van der Waals surface area contributed by atoms with Crippen LogP contribution in [0.25, 0.3) is 0 Å². The first-order valence-corrected chi connectivity index (χ1v) is 8.31. The van der Waals surface area contributed by atoms with E-state index in [-0.39, 0.29) is 17.7 Å². The monoisotopic (exact) mass is 285 g/mol. The van der Waals surface area contributed by atoms with Gasteiger partial charge in [-0.1, -0.05) is 12.8 Å². The van der Waals surface area contributed by atoms with E-state index in [1.807, 2.05) is 11.8 Å². The highest BCUT2D eigenvalue weighted by Gasteiger charge is 2.38. The number of nitrogens with one attached hydrogen (secondary N) is 1. The van der Waals surface area contributed by atoms with Crippen LogP contribution in [-0.4, -0.2) is 35.0 Å². The van der Waals surface area contributed by atoms with Crippen molar-refractivity contribution in [1.82, 2.24) is 5.32 Å². The smallest absolute Gasteiger partial charge is 0.303 e. The quantitative estimate of drug-likeness (QED) is 0.785. The second kappa shape index (κ2) is 6.64. The van der Waals surface area contributed by atoms with Gasteiger partial charge in [0.05, 0.1) is 6.42 Å². The van der Waals surface area contributed by atoms with E-state index in [1.165, 1.54) is 12.2 Å². The van der Waals surface area contributed by atoms with Crippen molar-refractivity contribution in [3.05, 3.63) is 0 Å². The van der Waals surface area contributed by atoms with E-state index in [1.54, 1.807) is 0 Å². The number of carboxylic acid groups (broad SMARTS) is 1. The van der Waals surface area contributed by atoms with Gasteiger partial charge in [0, 0.05) is 13.0 Å². The molecule has 2 rings (SSSR count). The number of amides is 1. The molecule has 1 atom stereocenters. The first-order valence-electron chi connectivity index (χ1n) is 7.16. The van der Waals surface area contributed by atoms with Crippen LogP contribution in [0.3, 0.4) is 0 Å². The van der Waals surface area contributed by atoms with E-state index in [4.69, 9.17) is 5.11 Å². The fourth-order valence-electron chi connectivity index (χ4n) is 3.27. The lowest BCUT2D eigenvalue weighted by Gasteiger charge is -2.26. The van der Waals surface area contributed by atoms with Gasteiger partial charge in [-0.05, 0) is 42.1 Å². The van der Waals surface area contributed by atoms with Gasteiger partial charge >= 0.3 is 5.97 Å². The highest BCUT2D eigenvalue weighted by molar-refractivity contribution is 7.99. The molecule has 1 aliphatic carbocycles. The third-order valence-electron chi connectivity index (χ3n) is 4.34. The number of carbonyl (C=O) groups excluding carboxylic acids is 1. The molecule has 2 fully saturated rings. The van der Waals surface area contributed by atoms with Gasteiger partial charge in [0.15, 0.2) is 0 Å². The Morgan fingerprint density at radius 3 is 2.58 bits per heavy atom. The van der Waals surface area contributed by atoms with Crippen LogP contribution in [0.2, 0.25) is 0 Å². The topological polar surface area (TPSA) is 66.4 Å². The summed E-state index contributed by atoms with van der Waals surface area (Å²) in [6.45, 7) is 0.759. The van der Waals surface area contributed by atoms with E-state index in [0.717, 1.165) is 38.0 Å². The van der Waals surface area contributed by atoms with Gasteiger partial charge in [-0.3, -0.25) is 9.59 Å². The van der Waals surface area contributed by atoms with Crippen molar-refractivity contribution >= 4 is 23.6 Å². The molecule has 4 nitrogen and oxygen atoms in total. The average molecular weight is 285 g/mol. The first-order chi connectivity index (χ1) is 9.10. The van der Waals surface area contributed by atoms with Crippen LogP contribution in [0, 0.1) is 11.3 Å². The molecular weight excluding hydrogens is 262 g/mol. The normalized spacial score (nSPS) is 25.4. The SMILES string of the molecule is O=C(O)CC1(CC(=O)NCC2CCSC2)CCCC1. The molecule has 1 saturated heterocycles. The number of hydrogen-bond acceptors (Lipinski definition) is 3. The van der Waals surface area contributed by atoms with Crippen molar-refractivity contribution < 1.29 is 14.7 Å². The molecule has 1 saturated carbocycles. The Balaban J connectivity index is 1.79. The standard InChI is InChI=1S/C14H23NO3S/c16-12(15-9-11-3-6-19-10-11)7-14(8-13(17)18)4-1-2-5-14/h11H,1-10H2,(H,15,16)(H,17,18). The molecule has 1 heterocycles. The maximum atomic E-state index is 12.0. The minimum atomic E-state index is -0.776. The largest absolute Gasteiger partial charge is 0.481 e. The summed E-state index contributed by atoms with van der Waals surface area (Å²) in [5.74, 6) is 2.21. The number of aliphatic carboxylic acids is 1. The van der Waals surface area contributed by atoms with Crippen molar-refractivity contribution in [1.29, 1.82) is 0 Å². The predicted molar refractivity (Wildman–Crippen MR) is 76.2 cm³/mol. The van der Waals surface area contributed by atoms with Crippen molar-refractivity contribution in [2.24, 2.45) is 11.3 Å². The molecule has 1 unspecified atom stereocenters. The predicted octanol–water partition coefficient (Wildman–Crippen LogP) is 2.28. The van der Waals surface area contributed by atoms with Gasteiger partial charge in [0.2, 0.25) is 5.91 Å². The molecule has 2 aliphatic rings. The van der Waals surface area contributed by atoms with Crippen LogP contribution in [0.4, 0.5) is 0 Å². The molecule has 0 bridgehead atoms. The van der Waals surface area contributed by atoms with Gasteiger partial charge in [0.1, 0.15) is 0 Å². The van der Waals surface area contributed by atoms with E-state index >= 15 is 0 Å². The highest BCUT2D eigenvalue weighted by atomic mass is 32.2. The third-order valence-corrected chi connectivity index (χ3v) is 5.57. The minimum Gasteiger partial charge on any atom is -0.481 e. The Morgan fingerprint density at radius 2 is 2.00 bits per heavy atom.